The Morgan fingerprint density at radius 2 is 2.00 bits per heavy atom. The van der Waals surface area contributed by atoms with Crippen molar-refractivity contribution in [2.24, 2.45) is 0 Å². The number of aryl methyl sites for hydroxylation is 1. The van der Waals surface area contributed by atoms with Crippen LogP contribution in [0, 0.1) is 6.92 Å². The summed E-state index contributed by atoms with van der Waals surface area (Å²) in [6, 6.07) is 15.3. The van der Waals surface area contributed by atoms with Crippen molar-refractivity contribution >= 4 is 11.0 Å². The number of nitrogens with zero attached hydrogens (tertiary/aromatic N) is 3. The molecule has 0 aliphatic carbocycles. The van der Waals surface area contributed by atoms with Gasteiger partial charge in [0.15, 0.2) is 0 Å². The number of benzene rings is 2. The quantitative estimate of drug-likeness (QED) is 0.519. The lowest BCUT2D eigenvalue weighted by molar-refractivity contribution is 0.295. The minimum atomic E-state index is 0.357. The largest absolute Gasteiger partial charge is 0.464 e. The maximum Gasteiger partial charge on any atom is 0.133 e. The van der Waals surface area contributed by atoms with E-state index in [0.717, 1.165) is 41.0 Å². The molecule has 1 atom stereocenters. The molecule has 0 radical (unpaired) electrons. The Labute approximate surface area is 158 Å². The normalized spacial score (nSPS) is 17.2. The van der Waals surface area contributed by atoms with Crippen molar-refractivity contribution < 1.29 is 4.42 Å². The molecule has 5 rings (SSSR count). The first-order valence-corrected chi connectivity index (χ1v) is 9.25. The van der Waals surface area contributed by atoms with Gasteiger partial charge in [-0.15, -0.1) is 0 Å². The van der Waals surface area contributed by atoms with Crippen molar-refractivity contribution in [3.05, 3.63) is 83.5 Å². The molecule has 1 aliphatic heterocycles. The fraction of sp³-hybridized carbons (Fsp3) is 0.217. The Hall–Kier alpha value is -2.98. The first-order valence-electron chi connectivity index (χ1n) is 9.25. The van der Waals surface area contributed by atoms with E-state index in [1.54, 1.807) is 12.5 Å². The third-order valence-corrected chi connectivity index (χ3v) is 5.38. The molecule has 134 valence electrons. The Morgan fingerprint density at radius 1 is 1.07 bits per heavy atom. The van der Waals surface area contributed by atoms with Gasteiger partial charge in [-0.05, 0) is 54.9 Å². The van der Waals surface area contributed by atoms with Gasteiger partial charge in [0.2, 0.25) is 0 Å². The second-order valence-electron chi connectivity index (χ2n) is 7.43. The van der Waals surface area contributed by atoms with Crippen molar-refractivity contribution in [1.29, 1.82) is 0 Å². The SMILES string of the molecule is Cc1cncc(-c2ccc3c(c2)CN(C)CC3c2ccc3occc3c2)n1. The van der Waals surface area contributed by atoms with Crippen LogP contribution < -0.4 is 0 Å². The Balaban J connectivity index is 1.58. The highest BCUT2D eigenvalue weighted by atomic mass is 16.3. The summed E-state index contributed by atoms with van der Waals surface area (Å²) in [5.74, 6) is 0.357. The van der Waals surface area contributed by atoms with E-state index in [2.05, 4.69) is 58.3 Å². The van der Waals surface area contributed by atoms with Gasteiger partial charge in [0.25, 0.3) is 0 Å². The molecule has 3 heterocycles. The molecule has 4 heteroatoms. The molecule has 0 amide bonds. The highest BCUT2D eigenvalue weighted by molar-refractivity contribution is 5.78. The Kier molecular flexibility index (Phi) is 3.80. The second kappa shape index (κ2) is 6.32. The van der Waals surface area contributed by atoms with Crippen LogP contribution in [0.25, 0.3) is 22.2 Å². The standard InChI is InChI=1S/C23H21N3O/c1-15-11-24-12-22(25-15)17-3-5-20-19(10-17)13-26(2)14-21(20)16-4-6-23-18(9-16)7-8-27-23/h3-12,21H,13-14H2,1-2H3. The molecule has 0 N–H and O–H groups in total. The Bertz CT molecular complexity index is 1130. The van der Waals surface area contributed by atoms with Gasteiger partial charge in [0.05, 0.1) is 23.8 Å². The maximum atomic E-state index is 5.50. The zero-order valence-electron chi connectivity index (χ0n) is 15.5. The van der Waals surface area contributed by atoms with Gasteiger partial charge in [-0.2, -0.15) is 0 Å². The molecule has 0 saturated carbocycles. The molecule has 0 spiro atoms. The minimum absolute atomic E-state index is 0.357. The van der Waals surface area contributed by atoms with Crippen LogP contribution in [0.5, 0.6) is 0 Å². The van der Waals surface area contributed by atoms with E-state index in [0.29, 0.717) is 5.92 Å². The summed E-state index contributed by atoms with van der Waals surface area (Å²) in [6.07, 6.45) is 5.38. The fourth-order valence-corrected chi connectivity index (χ4v) is 4.10. The summed E-state index contributed by atoms with van der Waals surface area (Å²) >= 11 is 0. The topological polar surface area (TPSA) is 42.2 Å². The molecule has 0 saturated heterocycles. The van der Waals surface area contributed by atoms with Crippen molar-refractivity contribution in [3.63, 3.8) is 0 Å². The summed E-state index contributed by atoms with van der Waals surface area (Å²) in [5, 5.41) is 1.16. The van der Waals surface area contributed by atoms with Gasteiger partial charge in [-0.25, -0.2) is 4.98 Å². The first kappa shape index (κ1) is 16.2. The first-order chi connectivity index (χ1) is 13.2. The molecule has 4 aromatic rings. The molecule has 2 aromatic heterocycles. The van der Waals surface area contributed by atoms with Crippen LogP contribution in [0.15, 0.2) is 65.5 Å². The zero-order chi connectivity index (χ0) is 18.4. The highest BCUT2D eigenvalue weighted by Gasteiger charge is 2.25. The third-order valence-electron chi connectivity index (χ3n) is 5.38. The van der Waals surface area contributed by atoms with Crippen LogP contribution in [0.2, 0.25) is 0 Å². The smallest absolute Gasteiger partial charge is 0.133 e. The summed E-state index contributed by atoms with van der Waals surface area (Å²) in [4.78, 5) is 11.3. The minimum Gasteiger partial charge on any atom is -0.464 e. The number of rotatable bonds is 2. The molecular formula is C23H21N3O. The van der Waals surface area contributed by atoms with Crippen LogP contribution >= 0.6 is 0 Å². The molecule has 1 aliphatic rings. The summed E-state index contributed by atoms with van der Waals surface area (Å²) in [5.41, 5.74) is 8.04. The highest BCUT2D eigenvalue weighted by Crippen LogP contribution is 2.36. The summed E-state index contributed by atoms with van der Waals surface area (Å²) in [6.45, 7) is 3.94. The monoisotopic (exact) mass is 355 g/mol. The van der Waals surface area contributed by atoms with Crippen LogP contribution in [-0.4, -0.2) is 28.5 Å². The molecule has 0 bridgehead atoms. The van der Waals surface area contributed by atoms with Gasteiger partial charge in [0.1, 0.15) is 5.58 Å². The second-order valence-corrected chi connectivity index (χ2v) is 7.43. The van der Waals surface area contributed by atoms with Gasteiger partial charge >= 0.3 is 0 Å². The average molecular weight is 355 g/mol. The summed E-state index contributed by atoms with van der Waals surface area (Å²) < 4.78 is 5.50. The van der Waals surface area contributed by atoms with Crippen molar-refractivity contribution in [2.45, 2.75) is 19.4 Å². The van der Waals surface area contributed by atoms with E-state index in [-0.39, 0.29) is 0 Å². The molecular weight excluding hydrogens is 334 g/mol. The molecule has 4 nitrogen and oxygen atoms in total. The van der Waals surface area contributed by atoms with E-state index in [4.69, 9.17) is 4.42 Å². The third kappa shape index (κ3) is 2.92. The number of hydrogen-bond acceptors (Lipinski definition) is 4. The molecule has 27 heavy (non-hydrogen) atoms. The molecule has 1 unspecified atom stereocenters. The van der Waals surface area contributed by atoms with Crippen LogP contribution in [-0.2, 0) is 6.54 Å². The van der Waals surface area contributed by atoms with E-state index >= 15 is 0 Å². The maximum absolute atomic E-state index is 5.50. The number of furan rings is 1. The van der Waals surface area contributed by atoms with Crippen LogP contribution in [0.3, 0.4) is 0 Å². The fourth-order valence-electron chi connectivity index (χ4n) is 4.10. The van der Waals surface area contributed by atoms with Crippen molar-refractivity contribution in [1.82, 2.24) is 14.9 Å². The Morgan fingerprint density at radius 3 is 2.89 bits per heavy atom. The van der Waals surface area contributed by atoms with Crippen molar-refractivity contribution in [2.75, 3.05) is 13.6 Å². The van der Waals surface area contributed by atoms with Crippen LogP contribution in [0.1, 0.15) is 28.3 Å². The van der Waals surface area contributed by atoms with E-state index in [1.807, 2.05) is 19.2 Å². The number of fused-ring (bicyclic) bond motifs is 2. The number of aromatic nitrogens is 2. The number of hydrogen-bond donors (Lipinski definition) is 0. The van der Waals surface area contributed by atoms with Gasteiger partial charge in [-0.1, -0.05) is 18.2 Å². The lowest BCUT2D eigenvalue weighted by atomic mass is 9.83. The lowest BCUT2D eigenvalue weighted by Crippen LogP contribution is -2.31. The van der Waals surface area contributed by atoms with Gasteiger partial charge in [-0.3, -0.25) is 4.98 Å². The van der Waals surface area contributed by atoms with Gasteiger partial charge in [0, 0.05) is 36.2 Å². The van der Waals surface area contributed by atoms with E-state index < -0.39 is 0 Å². The molecule has 0 fully saturated rings. The zero-order valence-corrected chi connectivity index (χ0v) is 15.5. The van der Waals surface area contributed by atoms with Crippen molar-refractivity contribution in [3.8, 4) is 11.3 Å². The summed E-state index contributed by atoms with van der Waals surface area (Å²) in [7, 11) is 2.19. The number of likely N-dealkylation sites (N-methyl/N-ethyl adjacent to an activating group) is 1. The van der Waals surface area contributed by atoms with Gasteiger partial charge < -0.3 is 9.32 Å². The van der Waals surface area contributed by atoms with E-state index in [9.17, 15) is 0 Å². The average Bonchev–Trinajstić information content (AvgIpc) is 3.14. The van der Waals surface area contributed by atoms with Crippen LogP contribution in [0.4, 0.5) is 0 Å². The predicted octanol–water partition coefficient (Wildman–Crippen LogP) is 4.78. The lowest BCUT2D eigenvalue weighted by Gasteiger charge is -2.33. The predicted molar refractivity (Wildman–Crippen MR) is 107 cm³/mol. The molecule has 2 aromatic carbocycles. The van der Waals surface area contributed by atoms with E-state index in [1.165, 1.54) is 16.7 Å².